The van der Waals surface area contributed by atoms with Crippen LogP contribution in [0.25, 0.3) is 0 Å². The summed E-state index contributed by atoms with van der Waals surface area (Å²) in [7, 11) is 1.83. The summed E-state index contributed by atoms with van der Waals surface area (Å²) in [4.78, 5) is 4.41. The fourth-order valence-electron chi connectivity index (χ4n) is 4.67. The molecule has 168 valence electrons. The monoisotopic (exact) mass is 535 g/mol. The van der Waals surface area contributed by atoms with Crippen molar-refractivity contribution in [3.8, 4) is 5.75 Å². The van der Waals surface area contributed by atoms with Gasteiger partial charge < -0.3 is 20.1 Å². The Balaban J connectivity index is 0.00000272. The molecular weight excluding hydrogens is 501 g/mol. The SMILES string of the molecule is CCOCCOc1cc(C)ccc1CNC(=NC)NCC1C2Cc3ccccc3C12.I. The van der Waals surface area contributed by atoms with Crippen LogP contribution in [0.15, 0.2) is 47.5 Å². The minimum atomic E-state index is 0. The predicted octanol–water partition coefficient (Wildman–Crippen LogP) is 4.28. The normalized spacial score (nSPS) is 21.0. The second-order valence-corrected chi connectivity index (χ2v) is 8.22. The van der Waals surface area contributed by atoms with E-state index in [9.17, 15) is 0 Å². The molecule has 1 fully saturated rings. The number of halogens is 1. The van der Waals surface area contributed by atoms with E-state index in [1.165, 1.54) is 12.0 Å². The lowest BCUT2D eigenvalue weighted by Gasteiger charge is -2.16. The Bertz CT molecular complexity index is 902. The van der Waals surface area contributed by atoms with Crippen LogP contribution in [0, 0.1) is 18.8 Å². The molecule has 5 nitrogen and oxygen atoms in total. The summed E-state index contributed by atoms with van der Waals surface area (Å²) in [6.07, 6.45) is 1.23. The van der Waals surface area contributed by atoms with Gasteiger partial charge in [0.2, 0.25) is 0 Å². The van der Waals surface area contributed by atoms with E-state index in [2.05, 4.69) is 65.0 Å². The number of hydrogen-bond acceptors (Lipinski definition) is 3. The number of benzene rings is 2. The van der Waals surface area contributed by atoms with Gasteiger partial charge in [0.25, 0.3) is 0 Å². The van der Waals surface area contributed by atoms with Crippen LogP contribution in [0.4, 0.5) is 0 Å². The molecule has 0 saturated heterocycles. The van der Waals surface area contributed by atoms with Gasteiger partial charge in [0, 0.05) is 32.3 Å². The molecule has 0 radical (unpaired) electrons. The van der Waals surface area contributed by atoms with Crippen molar-refractivity contribution in [2.24, 2.45) is 16.8 Å². The Morgan fingerprint density at radius 1 is 1.13 bits per heavy atom. The zero-order valence-electron chi connectivity index (χ0n) is 18.7. The predicted molar refractivity (Wildman–Crippen MR) is 137 cm³/mol. The Labute approximate surface area is 203 Å². The van der Waals surface area contributed by atoms with E-state index in [4.69, 9.17) is 9.47 Å². The van der Waals surface area contributed by atoms with Gasteiger partial charge in [-0.3, -0.25) is 4.99 Å². The van der Waals surface area contributed by atoms with E-state index in [0.717, 1.165) is 41.6 Å². The highest BCUT2D eigenvalue weighted by atomic mass is 127. The van der Waals surface area contributed by atoms with Gasteiger partial charge in [0.05, 0.1) is 6.61 Å². The third-order valence-electron chi connectivity index (χ3n) is 6.29. The topological polar surface area (TPSA) is 54.9 Å². The van der Waals surface area contributed by atoms with Gasteiger partial charge in [-0.15, -0.1) is 24.0 Å². The third kappa shape index (κ3) is 5.71. The zero-order chi connectivity index (χ0) is 20.9. The molecule has 0 heterocycles. The van der Waals surface area contributed by atoms with E-state index >= 15 is 0 Å². The lowest BCUT2D eigenvalue weighted by atomic mass is 10.0. The number of rotatable bonds is 9. The number of fused-ring (bicyclic) bond motifs is 3. The third-order valence-corrected chi connectivity index (χ3v) is 6.29. The summed E-state index contributed by atoms with van der Waals surface area (Å²) in [5, 5.41) is 6.97. The van der Waals surface area contributed by atoms with Crippen molar-refractivity contribution in [1.29, 1.82) is 0 Å². The van der Waals surface area contributed by atoms with Crippen molar-refractivity contribution in [3.63, 3.8) is 0 Å². The van der Waals surface area contributed by atoms with E-state index in [1.807, 2.05) is 14.0 Å². The minimum absolute atomic E-state index is 0. The molecule has 3 atom stereocenters. The quantitative estimate of drug-likeness (QED) is 0.218. The van der Waals surface area contributed by atoms with Crippen LogP contribution < -0.4 is 15.4 Å². The van der Waals surface area contributed by atoms with Crippen LogP contribution in [0.5, 0.6) is 5.75 Å². The van der Waals surface area contributed by atoms with Gasteiger partial charge in [-0.2, -0.15) is 0 Å². The van der Waals surface area contributed by atoms with Gasteiger partial charge in [-0.25, -0.2) is 0 Å². The number of nitrogens with one attached hydrogen (secondary N) is 2. The molecule has 0 bridgehead atoms. The summed E-state index contributed by atoms with van der Waals surface area (Å²) < 4.78 is 11.3. The van der Waals surface area contributed by atoms with E-state index < -0.39 is 0 Å². The second kappa shape index (κ2) is 11.2. The van der Waals surface area contributed by atoms with Crippen LogP contribution >= 0.6 is 24.0 Å². The van der Waals surface area contributed by atoms with Crippen LogP contribution in [-0.2, 0) is 17.7 Å². The maximum atomic E-state index is 5.95. The van der Waals surface area contributed by atoms with Crippen molar-refractivity contribution >= 4 is 29.9 Å². The summed E-state index contributed by atoms with van der Waals surface area (Å²) >= 11 is 0. The average Bonchev–Trinajstić information content (AvgIpc) is 3.29. The maximum Gasteiger partial charge on any atom is 0.191 e. The molecule has 31 heavy (non-hydrogen) atoms. The first-order chi connectivity index (χ1) is 14.7. The number of ether oxygens (including phenoxy) is 2. The molecule has 2 aromatic rings. The highest BCUT2D eigenvalue weighted by Crippen LogP contribution is 2.60. The Morgan fingerprint density at radius 3 is 2.77 bits per heavy atom. The number of guanidine groups is 1. The first-order valence-electron chi connectivity index (χ1n) is 11.0. The minimum Gasteiger partial charge on any atom is -0.491 e. The van der Waals surface area contributed by atoms with Gasteiger partial charge in [0.1, 0.15) is 12.4 Å². The van der Waals surface area contributed by atoms with E-state index in [1.54, 1.807) is 11.1 Å². The molecule has 6 heteroatoms. The van der Waals surface area contributed by atoms with Crippen LogP contribution in [0.3, 0.4) is 0 Å². The molecule has 0 amide bonds. The van der Waals surface area contributed by atoms with Gasteiger partial charge >= 0.3 is 0 Å². The number of aryl methyl sites for hydroxylation is 1. The fraction of sp³-hybridized carbons (Fsp3) is 0.480. The Morgan fingerprint density at radius 2 is 1.97 bits per heavy atom. The molecule has 4 rings (SSSR count). The smallest absolute Gasteiger partial charge is 0.191 e. The Kier molecular flexibility index (Phi) is 8.60. The number of aliphatic imine (C=N–C) groups is 1. The lowest BCUT2D eigenvalue weighted by Crippen LogP contribution is -2.38. The lowest BCUT2D eigenvalue weighted by molar-refractivity contribution is 0.110. The second-order valence-electron chi connectivity index (χ2n) is 8.22. The molecule has 2 aliphatic carbocycles. The molecule has 2 N–H and O–H groups in total. The van der Waals surface area contributed by atoms with Crippen molar-refractivity contribution in [3.05, 3.63) is 64.7 Å². The molecule has 0 spiro atoms. The maximum absolute atomic E-state index is 5.95. The summed E-state index contributed by atoms with van der Waals surface area (Å²) in [5.41, 5.74) is 5.42. The summed E-state index contributed by atoms with van der Waals surface area (Å²) in [5.74, 6) is 4.00. The van der Waals surface area contributed by atoms with Crippen LogP contribution in [-0.4, -0.2) is 39.4 Å². The van der Waals surface area contributed by atoms with Gasteiger partial charge in [-0.05, 0) is 60.8 Å². The van der Waals surface area contributed by atoms with Crippen LogP contribution in [0.2, 0.25) is 0 Å². The first kappa shape index (κ1) is 23.9. The molecule has 0 aromatic heterocycles. The highest BCUT2D eigenvalue weighted by Gasteiger charge is 2.54. The molecule has 0 aliphatic heterocycles. The van der Waals surface area contributed by atoms with Crippen molar-refractivity contribution in [2.75, 3.05) is 33.4 Å². The highest BCUT2D eigenvalue weighted by molar-refractivity contribution is 14.0. The molecular formula is C25H34IN3O2. The number of nitrogens with zero attached hydrogens (tertiary/aromatic N) is 1. The largest absolute Gasteiger partial charge is 0.491 e. The molecule has 2 aromatic carbocycles. The average molecular weight is 535 g/mol. The zero-order valence-corrected chi connectivity index (χ0v) is 21.0. The fourth-order valence-corrected chi connectivity index (χ4v) is 4.67. The van der Waals surface area contributed by atoms with Gasteiger partial charge in [0.15, 0.2) is 5.96 Å². The Hall–Kier alpha value is -1.80. The van der Waals surface area contributed by atoms with Gasteiger partial charge in [-0.1, -0.05) is 36.4 Å². The van der Waals surface area contributed by atoms with E-state index in [0.29, 0.717) is 26.4 Å². The van der Waals surface area contributed by atoms with Crippen molar-refractivity contribution in [2.45, 2.75) is 32.7 Å². The molecule has 2 aliphatic rings. The van der Waals surface area contributed by atoms with Crippen LogP contribution in [0.1, 0.15) is 35.1 Å². The first-order valence-corrected chi connectivity index (χ1v) is 11.0. The van der Waals surface area contributed by atoms with Crippen molar-refractivity contribution in [1.82, 2.24) is 10.6 Å². The number of hydrogen-bond donors (Lipinski definition) is 2. The van der Waals surface area contributed by atoms with E-state index in [-0.39, 0.29) is 24.0 Å². The molecule has 3 unspecified atom stereocenters. The molecule has 1 saturated carbocycles. The van der Waals surface area contributed by atoms with Crippen molar-refractivity contribution < 1.29 is 9.47 Å². The summed E-state index contributed by atoms with van der Waals surface area (Å²) in [6, 6.07) is 15.2. The standard InChI is InChI=1S/C25H33N3O2.HI/c1-4-29-11-12-30-23-13-17(2)9-10-19(23)15-27-25(26-3)28-16-22-21-14-18-7-5-6-8-20(18)24(21)22;/h5-10,13,21-22,24H,4,11-12,14-16H2,1-3H3,(H2,26,27,28);1H. The summed E-state index contributed by atoms with van der Waals surface area (Å²) in [6.45, 7) is 7.59.